The largest absolute Gasteiger partial charge is 0.508 e. The van der Waals surface area contributed by atoms with E-state index in [1.807, 2.05) is 0 Å². The minimum Gasteiger partial charge on any atom is -0.508 e. The SMILES string of the molecule is O=C(NCc1cccc(F)c1)c1coc(-c2ccc(O)cc2)n1. The number of nitrogens with one attached hydrogen (secondary N) is 1. The van der Waals surface area contributed by atoms with Crippen LogP contribution < -0.4 is 5.32 Å². The van der Waals surface area contributed by atoms with Crippen LogP contribution in [0.25, 0.3) is 11.5 Å². The lowest BCUT2D eigenvalue weighted by molar-refractivity contribution is 0.0946. The number of rotatable bonds is 4. The van der Waals surface area contributed by atoms with Crippen molar-refractivity contribution in [2.24, 2.45) is 0 Å². The van der Waals surface area contributed by atoms with E-state index in [1.165, 1.54) is 30.5 Å². The number of amides is 1. The summed E-state index contributed by atoms with van der Waals surface area (Å²) in [5.74, 6) is -0.356. The van der Waals surface area contributed by atoms with Crippen molar-refractivity contribution in [2.75, 3.05) is 0 Å². The molecule has 0 saturated heterocycles. The highest BCUT2D eigenvalue weighted by molar-refractivity contribution is 5.92. The molecular formula is C17H13FN2O3. The second-order valence-corrected chi connectivity index (χ2v) is 4.90. The van der Waals surface area contributed by atoms with E-state index in [1.54, 1.807) is 24.3 Å². The summed E-state index contributed by atoms with van der Waals surface area (Å²) in [4.78, 5) is 16.1. The molecule has 3 aromatic rings. The van der Waals surface area contributed by atoms with Gasteiger partial charge < -0.3 is 14.8 Å². The van der Waals surface area contributed by atoms with Crippen LogP contribution in [0.4, 0.5) is 4.39 Å². The van der Waals surface area contributed by atoms with Gasteiger partial charge in [0, 0.05) is 12.1 Å². The molecule has 116 valence electrons. The van der Waals surface area contributed by atoms with Gasteiger partial charge in [-0.05, 0) is 42.0 Å². The average Bonchev–Trinajstić information content (AvgIpc) is 3.03. The number of carbonyl (C=O) groups excluding carboxylic acids is 1. The molecule has 0 spiro atoms. The van der Waals surface area contributed by atoms with E-state index in [-0.39, 0.29) is 29.7 Å². The Balaban J connectivity index is 1.67. The number of benzene rings is 2. The Hall–Kier alpha value is -3.15. The molecule has 5 nitrogen and oxygen atoms in total. The number of carbonyl (C=O) groups is 1. The number of phenols is 1. The molecule has 6 heteroatoms. The van der Waals surface area contributed by atoms with Crippen molar-refractivity contribution < 1.29 is 18.7 Å². The maximum atomic E-state index is 13.1. The summed E-state index contributed by atoms with van der Waals surface area (Å²) in [6.07, 6.45) is 1.25. The predicted octanol–water partition coefficient (Wildman–Crippen LogP) is 3.12. The Morgan fingerprint density at radius 2 is 2.00 bits per heavy atom. The van der Waals surface area contributed by atoms with Crippen LogP contribution in [-0.2, 0) is 6.54 Å². The van der Waals surface area contributed by atoms with Crippen LogP contribution in [0.15, 0.2) is 59.2 Å². The zero-order chi connectivity index (χ0) is 16.2. The normalized spacial score (nSPS) is 10.5. The maximum absolute atomic E-state index is 13.1. The molecule has 0 atom stereocenters. The van der Waals surface area contributed by atoms with Crippen LogP contribution in [0.3, 0.4) is 0 Å². The van der Waals surface area contributed by atoms with Crippen molar-refractivity contribution in [3.05, 3.63) is 71.9 Å². The van der Waals surface area contributed by atoms with Gasteiger partial charge in [-0.25, -0.2) is 9.37 Å². The molecule has 0 aliphatic rings. The Morgan fingerprint density at radius 1 is 1.22 bits per heavy atom. The summed E-state index contributed by atoms with van der Waals surface area (Å²) in [5, 5.41) is 11.9. The van der Waals surface area contributed by atoms with Crippen molar-refractivity contribution in [2.45, 2.75) is 6.54 Å². The van der Waals surface area contributed by atoms with Crippen LogP contribution in [0.2, 0.25) is 0 Å². The number of oxazole rings is 1. The van der Waals surface area contributed by atoms with Crippen molar-refractivity contribution in [1.82, 2.24) is 10.3 Å². The third kappa shape index (κ3) is 3.55. The number of hydrogen-bond donors (Lipinski definition) is 2. The lowest BCUT2D eigenvalue weighted by Crippen LogP contribution is -2.23. The molecule has 0 aliphatic carbocycles. The van der Waals surface area contributed by atoms with E-state index in [9.17, 15) is 14.3 Å². The smallest absolute Gasteiger partial charge is 0.273 e. The zero-order valence-corrected chi connectivity index (χ0v) is 12.0. The fourth-order valence-electron chi connectivity index (χ4n) is 2.03. The quantitative estimate of drug-likeness (QED) is 0.776. The summed E-state index contributed by atoms with van der Waals surface area (Å²) >= 11 is 0. The van der Waals surface area contributed by atoms with Crippen molar-refractivity contribution >= 4 is 5.91 Å². The molecule has 1 amide bonds. The zero-order valence-electron chi connectivity index (χ0n) is 12.0. The fourth-order valence-corrected chi connectivity index (χ4v) is 2.03. The minimum absolute atomic E-state index is 0.129. The minimum atomic E-state index is -0.414. The number of phenolic OH excluding ortho intramolecular Hbond substituents is 1. The molecular weight excluding hydrogens is 299 g/mol. The summed E-state index contributed by atoms with van der Waals surface area (Å²) in [6.45, 7) is 0.192. The summed E-state index contributed by atoms with van der Waals surface area (Å²) in [5.41, 5.74) is 1.43. The first kappa shape index (κ1) is 14.8. The first-order valence-corrected chi connectivity index (χ1v) is 6.89. The van der Waals surface area contributed by atoms with Gasteiger partial charge in [-0.3, -0.25) is 4.79 Å². The second kappa shape index (κ2) is 6.31. The number of aromatic nitrogens is 1. The van der Waals surface area contributed by atoms with Gasteiger partial charge in [0.2, 0.25) is 5.89 Å². The van der Waals surface area contributed by atoms with E-state index in [0.29, 0.717) is 11.1 Å². The summed E-state index contributed by atoms with van der Waals surface area (Å²) in [7, 11) is 0. The molecule has 0 bridgehead atoms. The first-order chi connectivity index (χ1) is 11.1. The standard InChI is InChI=1S/C17H13FN2O3/c18-13-3-1-2-11(8-13)9-19-16(22)15-10-23-17(20-15)12-4-6-14(21)7-5-12/h1-8,10,21H,9H2,(H,19,22). The van der Waals surface area contributed by atoms with E-state index < -0.39 is 5.91 Å². The highest BCUT2D eigenvalue weighted by Gasteiger charge is 2.13. The van der Waals surface area contributed by atoms with E-state index in [4.69, 9.17) is 4.42 Å². The van der Waals surface area contributed by atoms with Gasteiger partial charge in [0.1, 0.15) is 17.8 Å². The van der Waals surface area contributed by atoms with Crippen LogP contribution in [-0.4, -0.2) is 16.0 Å². The Kier molecular flexibility index (Phi) is 4.05. The number of aromatic hydroxyl groups is 1. The third-order valence-electron chi connectivity index (χ3n) is 3.19. The van der Waals surface area contributed by atoms with Crippen molar-refractivity contribution in [1.29, 1.82) is 0 Å². The van der Waals surface area contributed by atoms with Crippen LogP contribution in [0, 0.1) is 5.82 Å². The lowest BCUT2D eigenvalue weighted by atomic mass is 10.2. The molecule has 23 heavy (non-hydrogen) atoms. The Labute approximate surface area is 131 Å². The molecule has 0 saturated carbocycles. The number of nitrogens with zero attached hydrogens (tertiary/aromatic N) is 1. The van der Waals surface area contributed by atoms with Crippen LogP contribution in [0.1, 0.15) is 16.1 Å². The summed E-state index contributed by atoms with van der Waals surface area (Å²) in [6, 6.07) is 12.3. The second-order valence-electron chi connectivity index (χ2n) is 4.90. The van der Waals surface area contributed by atoms with E-state index in [0.717, 1.165) is 0 Å². The maximum Gasteiger partial charge on any atom is 0.273 e. The van der Waals surface area contributed by atoms with Crippen LogP contribution in [0.5, 0.6) is 5.75 Å². The molecule has 0 unspecified atom stereocenters. The van der Waals surface area contributed by atoms with Gasteiger partial charge in [0.15, 0.2) is 5.69 Å². The molecule has 0 radical (unpaired) electrons. The monoisotopic (exact) mass is 312 g/mol. The fraction of sp³-hybridized carbons (Fsp3) is 0.0588. The molecule has 2 aromatic carbocycles. The third-order valence-corrected chi connectivity index (χ3v) is 3.19. The number of hydrogen-bond acceptors (Lipinski definition) is 4. The van der Waals surface area contributed by atoms with E-state index in [2.05, 4.69) is 10.3 Å². The van der Waals surface area contributed by atoms with Gasteiger partial charge in [0.25, 0.3) is 5.91 Å². The molecule has 2 N–H and O–H groups in total. The molecule has 1 heterocycles. The van der Waals surface area contributed by atoms with Gasteiger partial charge in [-0.2, -0.15) is 0 Å². The van der Waals surface area contributed by atoms with E-state index >= 15 is 0 Å². The topological polar surface area (TPSA) is 75.4 Å². The highest BCUT2D eigenvalue weighted by Crippen LogP contribution is 2.21. The Morgan fingerprint density at radius 3 is 2.74 bits per heavy atom. The van der Waals surface area contributed by atoms with Crippen molar-refractivity contribution in [3.63, 3.8) is 0 Å². The van der Waals surface area contributed by atoms with Gasteiger partial charge >= 0.3 is 0 Å². The number of halogens is 1. The van der Waals surface area contributed by atoms with Gasteiger partial charge in [0.05, 0.1) is 0 Å². The summed E-state index contributed by atoms with van der Waals surface area (Å²) < 4.78 is 18.3. The average molecular weight is 312 g/mol. The van der Waals surface area contributed by atoms with Gasteiger partial charge in [-0.1, -0.05) is 12.1 Å². The molecule has 1 aromatic heterocycles. The Bertz CT molecular complexity index is 828. The lowest BCUT2D eigenvalue weighted by Gasteiger charge is -2.03. The molecule has 0 fully saturated rings. The predicted molar refractivity (Wildman–Crippen MR) is 81.2 cm³/mol. The molecule has 3 rings (SSSR count). The van der Waals surface area contributed by atoms with Gasteiger partial charge in [-0.15, -0.1) is 0 Å². The molecule has 0 aliphatic heterocycles. The van der Waals surface area contributed by atoms with Crippen LogP contribution >= 0.6 is 0 Å². The highest BCUT2D eigenvalue weighted by atomic mass is 19.1. The van der Waals surface area contributed by atoms with Crippen molar-refractivity contribution in [3.8, 4) is 17.2 Å². The first-order valence-electron chi connectivity index (χ1n) is 6.89.